The highest BCUT2D eigenvalue weighted by atomic mass is 16.5. The SMILES string of the molecule is C#CCC(N)c1cccc(OC(C)C)c1. The molecule has 0 saturated carbocycles. The minimum absolute atomic E-state index is 0.106. The van der Waals surface area contributed by atoms with E-state index in [4.69, 9.17) is 16.9 Å². The monoisotopic (exact) mass is 203 g/mol. The van der Waals surface area contributed by atoms with Crippen LogP contribution >= 0.6 is 0 Å². The van der Waals surface area contributed by atoms with Crippen molar-refractivity contribution < 1.29 is 4.74 Å². The predicted molar refractivity (Wildman–Crippen MR) is 62.6 cm³/mol. The molecule has 1 unspecified atom stereocenters. The standard InChI is InChI=1S/C13H17NO/c1-4-6-13(14)11-7-5-8-12(9-11)15-10(2)3/h1,5,7-10,13H,6,14H2,2-3H3. The van der Waals surface area contributed by atoms with Gasteiger partial charge in [-0.2, -0.15) is 0 Å². The number of hydrogen-bond donors (Lipinski definition) is 1. The summed E-state index contributed by atoms with van der Waals surface area (Å²) in [6.07, 6.45) is 5.94. The zero-order valence-corrected chi connectivity index (χ0v) is 9.23. The first-order valence-corrected chi connectivity index (χ1v) is 5.09. The Morgan fingerprint density at radius 1 is 1.47 bits per heavy atom. The summed E-state index contributed by atoms with van der Waals surface area (Å²) in [4.78, 5) is 0. The average molecular weight is 203 g/mol. The van der Waals surface area contributed by atoms with Crippen LogP contribution in [-0.2, 0) is 0 Å². The Morgan fingerprint density at radius 2 is 2.20 bits per heavy atom. The second kappa shape index (κ2) is 5.43. The van der Waals surface area contributed by atoms with Crippen LogP contribution < -0.4 is 10.5 Å². The maximum atomic E-state index is 5.91. The average Bonchev–Trinajstić information content (AvgIpc) is 2.17. The summed E-state index contributed by atoms with van der Waals surface area (Å²) in [6, 6.07) is 7.66. The van der Waals surface area contributed by atoms with E-state index >= 15 is 0 Å². The van der Waals surface area contributed by atoms with Crippen LogP contribution in [-0.4, -0.2) is 6.10 Å². The molecule has 0 spiro atoms. The molecule has 0 aliphatic carbocycles. The summed E-state index contributed by atoms with van der Waals surface area (Å²) >= 11 is 0. The lowest BCUT2D eigenvalue weighted by atomic mass is 10.1. The molecule has 0 amide bonds. The number of benzene rings is 1. The first-order valence-electron chi connectivity index (χ1n) is 5.09. The highest BCUT2D eigenvalue weighted by molar-refractivity contribution is 5.31. The number of ether oxygens (including phenoxy) is 1. The van der Waals surface area contributed by atoms with E-state index in [2.05, 4.69) is 5.92 Å². The molecular formula is C13H17NO. The van der Waals surface area contributed by atoms with Crippen LogP contribution in [0.5, 0.6) is 5.75 Å². The van der Waals surface area contributed by atoms with Gasteiger partial charge in [-0.05, 0) is 31.5 Å². The van der Waals surface area contributed by atoms with Gasteiger partial charge < -0.3 is 10.5 Å². The van der Waals surface area contributed by atoms with Crippen LogP contribution in [0.3, 0.4) is 0 Å². The first kappa shape index (κ1) is 11.6. The normalized spacial score (nSPS) is 12.2. The fourth-order valence-corrected chi connectivity index (χ4v) is 1.34. The maximum absolute atomic E-state index is 5.91. The molecule has 0 fully saturated rings. The maximum Gasteiger partial charge on any atom is 0.120 e. The number of nitrogens with two attached hydrogens (primary N) is 1. The molecule has 80 valence electrons. The van der Waals surface area contributed by atoms with Gasteiger partial charge in [-0.25, -0.2) is 0 Å². The van der Waals surface area contributed by atoms with Gasteiger partial charge in [-0.15, -0.1) is 12.3 Å². The molecule has 0 heterocycles. The minimum Gasteiger partial charge on any atom is -0.491 e. The van der Waals surface area contributed by atoms with Crippen LogP contribution in [0.4, 0.5) is 0 Å². The van der Waals surface area contributed by atoms with E-state index in [-0.39, 0.29) is 12.1 Å². The van der Waals surface area contributed by atoms with E-state index < -0.39 is 0 Å². The molecule has 2 N–H and O–H groups in total. The van der Waals surface area contributed by atoms with Crippen molar-refractivity contribution in [2.75, 3.05) is 0 Å². The van der Waals surface area contributed by atoms with Gasteiger partial charge in [0.2, 0.25) is 0 Å². The van der Waals surface area contributed by atoms with E-state index in [9.17, 15) is 0 Å². The molecule has 1 atom stereocenters. The molecule has 0 aromatic heterocycles. The molecule has 0 bridgehead atoms. The predicted octanol–water partition coefficient (Wildman–Crippen LogP) is 2.50. The van der Waals surface area contributed by atoms with E-state index in [1.54, 1.807) is 0 Å². The van der Waals surface area contributed by atoms with Gasteiger partial charge in [0.1, 0.15) is 5.75 Å². The summed E-state index contributed by atoms with van der Waals surface area (Å²) in [5, 5.41) is 0. The highest BCUT2D eigenvalue weighted by Gasteiger charge is 2.05. The Kier molecular flexibility index (Phi) is 4.20. The van der Waals surface area contributed by atoms with Crippen molar-refractivity contribution in [3.05, 3.63) is 29.8 Å². The highest BCUT2D eigenvalue weighted by Crippen LogP contribution is 2.20. The third kappa shape index (κ3) is 3.65. The molecule has 1 aromatic carbocycles. The largest absolute Gasteiger partial charge is 0.491 e. The van der Waals surface area contributed by atoms with Gasteiger partial charge in [-0.1, -0.05) is 12.1 Å². The van der Waals surface area contributed by atoms with Crippen LogP contribution in [0, 0.1) is 12.3 Å². The number of terminal acetylenes is 1. The lowest BCUT2D eigenvalue weighted by Crippen LogP contribution is -2.10. The topological polar surface area (TPSA) is 35.2 Å². The lowest BCUT2D eigenvalue weighted by molar-refractivity contribution is 0.242. The van der Waals surface area contributed by atoms with Gasteiger partial charge in [-0.3, -0.25) is 0 Å². The summed E-state index contributed by atoms with van der Waals surface area (Å²) in [5.41, 5.74) is 6.93. The smallest absolute Gasteiger partial charge is 0.120 e. The zero-order chi connectivity index (χ0) is 11.3. The van der Waals surface area contributed by atoms with Gasteiger partial charge >= 0.3 is 0 Å². The van der Waals surface area contributed by atoms with Crippen LogP contribution in [0.25, 0.3) is 0 Å². The van der Waals surface area contributed by atoms with E-state index in [1.165, 1.54) is 0 Å². The van der Waals surface area contributed by atoms with E-state index in [0.717, 1.165) is 11.3 Å². The number of hydrogen-bond acceptors (Lipinski definition) is 2. The second-order valence-corrected chi connectivity index (χ2v) is 3.75. The van der Waals surface area contributed by atoms with Crippen LogP contribution in [0.1, 0.15) is 31.9 Å². The third-order valence-electron chi connectivity index (χ3n) is 2.00. The van der Waals surface area contributed by atoms with Crippen molar-refractivity contribution in [1.82, 2.24) is 0 Å². The summed E-state index contributed by atoms with van der Waals surface area (Å²) in [6.45, 7) is 3.99. The van der Waals surface area contributed by atoms with Crippen molar-refractivity contribution in [2.45, 2.75) is 32.4 Å². The summed E-state index contributed by atoms with van der Waals surface area (Å²) in [7, 11) is 0. The van der Waals surface area contributed by atoms with Gasteiger partial charge in [0.25, 0.3) is 0 Å². The summed E-state index contributed by atoms with van der Waals surface area (Å²) in [5.74, 6) is 3.40. The molecular weight excluding hydrogens is 186 g/mol. The minimum atomic E-state index is -0.106. The van der Waals surface area contributed by atoms with Crippen molar-refractivity contribution in [1.29, 1.82) is 0 Å². The van der Waals surface area contributed by atoms with Gasteiger partial charge in [0, 0.05) is 12.5 Å². The number of rotatable bonds is 4. The lowest BCUT2D eigenvalue weighted by Gasteiger charge is -2.13. The van der Waals surface area contributed by atoms with E-state index in [1.807, 2.05) is 38.1 Å². The van der Waals surface area contributed by atoms with Crippen molar-refractivity contribution in [3.63, 3.8) is 0 Å². The van der Waals surface area contributed by atoms with E-state index in [0.29, 0.717) is 6.42 Å². The Balaban J connectivity index is 2.78. The molecule has 15 heavy (non-hydrogen) atoms. The molecule has 0 aliphatic heterocycles. The Hall–Kier alpha value is -1.46. The van der Waals surface area contributed by atoms with Crippen molar-refractivity contribution >= 4 is 0 Å². The second-order valence-electron chi connectivity index (χ2n) is 3.75. The molecule has 0 saturated heterocycles. The van der Waals surface area contributed by atoms with Gasteiger partial charge in [0.05, 0.1) is 6.10 Å². The molecule has 2 nitrogen and oxygen atoms in total. The third-order valence-corrected chi connectivity index (χ3v) is 2.00. The quantitative estimate of drug-likeness (QED) is 0.763. The Morgan fingerprint density at radius 3 is 2.80 bits per heavy atom. The molecule has 0 aliphatic rings. The van der Waals surface area contributed by atoms with Crippen LogP contribution in [0.2, 0.25) is 0 Å². The molecule has 1 aromatic rings. The molecule has 0 radical (unpaired) electrons. The molecule has 1 rings (SSSR count). The summed E-state index contributed by atoms with van der Waals surface area (Å²) < 4.78 is 5.58. The van der Waals surface area contributed by atoms with Crippen molar-refractivity contribution in [3.8, 4) is 18.1 Å². The van der Waals surface area contributed by atoms with Gasteiger partial charge in [0.15, 0.2) is 0 Å². The fourth-order valence-electron chi connectivity index (χ4n) is 1.34. The molecule has 2 heteroatoms. The fraction of sp³-hybridized carbons (Fsp3) is 0.385. The Labute approximate surface area is 91.4 Å². The Bertz CT molecular complexity index is 352. The van der Waals surface area contributed by atoms with Crippen LogP contribution in [0.15, 0.2) is 24.3 Å². The zero-order valence-electron chi connectivity index (χ0n) is 9.23. The first-order chi connectivity index (χ1) is 7.13. The van der Waals surface area contributed by atoms with Crippen molar-refractivity contribution in [2.24, 2.45) is 5.73 Å².